The quantitative estimate of drug-likeness (QED) is 0.823. The fourth-order valence-corrected chi connectivity index (χ4v) is 4.29. The molecule has 7 nitrogen and oxygen atoms in total. The molecule has 4 rings (SSSR count). The highest BCUT2D eigenvalue weighted by Crippen LogP contribution is 2.41. The number of likely N-dealkylation sites (tertiary alicyclic amines) is 2. The third-order valence-electron chi connectivity index (χ3n) is 5.47. The molecule has 1 amide bonds. The average molecular weight is 326 g/mol. The third-order valence-corrected chi connectivity index (χ3v) is 5.47. The SMILES string of the molecule is Cc1cc(C(=O)N2C[C@H]3CN(C)C[C@@]3(C)C2)ccc1-n1cnnn1. The molecule has 1 aromatic heterocycles. The molecule has 0 bridgehead atoms. The van der Waals surface area contributed by atoms with Crippen molar-refractivity contribution in [1.29, 1.82) is 0 Å². The lowest BCUT2D eigenvalue weighted by atomic mass is 9.83. The molecule has 2 saturated heterocycles. The molecule has 0 aliphatic carbocycles. The Bertz CT molecular complexity index is 773. The maximum atomic E-state index is 12.9. The van der Waals surface area contributed by atoms with Crippen LogP contribution >= 0.6 is 0 Å². The van der Waals surface area contributed by atoms with Crippen LogP contribution in [0.15, 0.2) is 24.5 Å². The van der Waals surface area contributed by atoms with Gasteiger partial charge in [0.25, 0.3) is 5.91 Å². The van der Waals surface area contributed by atoms with Crippen LogP contribution in [0, 0.1) is 18.3 Å². The number of tetrazole rings is 1. The number of amides is 1. The topological polar surface area (TPSA) is 67.2 Å². The van der Waals surface area contributed by atoms with Crippen LogP contribution in [-0.4, -0.2) is 69.1 Å². The zero-order valence-electron chi connectivity index (χ0n) is 14.3. The number of carbonyl (C=O) groups excluding carboxylic acids is 1. The molecular formula is C17H22N6O. The summed E-state index contributed by atoms with van der Waals surface area (Å²) in [5, 5.41) is 11.2. The van der Waals surface area contributed by atoms with Crippen molar-refractivity contribution in [1.82, 2.24) is 30.0 Å². The van der Waals surface area contributed by atoms with E-state index < -0.39 is 0 Å². The molecule has 7 heteroatoms. The molecule has 3 heterocycles. The van der Waals surface area contributed by atoms with E-state index in [1.807, 2.05) is 30.0 Å². The molecule has 2 aliphatic heterocycles. The fourth-order valence-electron chi connectivity index (χ4n) is 4.29. The van der Waals surface area contributed by atoms with E-state index in [0.717, 1.165) is 43.0 Å². The molecular weight excluding hydrogens is 304 g/mol. The molecule has 2 aliphatic rings. The minimum atomic E-state index is 0.125. The fraction of sp³-hybridized carbons (Fsp3) is 0.529. The number of hydrogen-bond donors (Lipinski definition) is 0. The van der Waals surface area contributed by atoms with Crippen molar-refractivity contribution in [2.45, 2.75) is 13.8 Å². The summed E-state index contributed by atoms with van der Waals surface area (Å²) in [6.07, 6.45) is 1.56. The summed E-state index contributed by atoms with van der Waals surface area (Å²) in [5.74, 6) is 0.702. The Morgan fingerprint density at radius 1 is 1.29 bits per heavy atom. The minimum absolute atomic E-state index is 0.125. The van der Waals surface area contributed by atoms with E-state index in [1.165, 1.54) is 0 Å². The van der Waals surface area contributed by atoms with Crippen LogP contribution in [0.25, 0.3) is 5.69 Å². The monoisotopic (exact) mass is 326 g/mol. The second kappa shape index (κ2) is 5.37. The van der Waals surface area contributed by atoms with Gasteiger partial charge in [-0.25, -0.2) is 4.68 Å². The molecule has 0 radical (unpaired) electrons. The van der Waals surface area contributed by atoms with Gasteiger partial charge < -0.3 is 9.80 Å². The highest BCUT2D eigenvalue weighted by atomic mass is 16.2. The van der Waals surface area contributed by atoms with Crippen LogP contribution in [0.3, 0.4) is 0 Å². The summed E-state index contributed by atoms with van der Waals surface area (Å²) in [5.41, 5.74) is 2.84. The van der Waals surface area contributed by atoms with Crippen molar-refractivity contribution in [2.75, 3.05) is 33.2 Å². The lowest BCUT2D eigenvalue weighted by Gasteiger charge is -2.24. The van der Waals surface area contributed by atoms with E-state index in [0.29, 0.717) is 5.92 Å². The van der Waals surface area contributed by atoms with Crippen molar-refractivity contribution in [2.24, 2.45) is 11.3 Å². The van der Waals surface area contributed by atoms with E-state index in [2.05, 4.69) is 34.4 Å². The van der Waals surface area contributed by atoms with Gasteiger partial charge in [-0.1, -0.05) is 6.92 Å². The van der Waals surface area contributed by atoms with Crippen molar-refractivity contribution >= 4 is 5.91 Å². The van der Waals surface area contributed by atoms with Crippen LogP contribution in [0.1, 0.15) is 22.8 Å². The Labute approximate surface area is 141 Å². The molecule has 24 heavy (non-hydrogen) atoms. The van der Waals surface area contributed by atoms with Crippen LogP contribution in [0.5, 0.6) is 0 Å². The normalized spacial score (nSPS) is 26.8. The molecule has 2 fully saturated rings. The molecule has 126 valence electrons. The number of carbonyl (C=O) groups is 1. The van der Waals surface area contributed by atoms with Gasteiger partial charge in [0, 0.05) is 37.2 Å². The number of aryl methyl sites for hydroxylation is 1. The van der Waals surface area contributed by atoms with Gasteiger partial charge in [0.15, 0.2) is 0 Å². The summed E-state index contributed by atoms with van der Waals surface area (Å²) in [7, 11) is 2.16. The zero-order chi connectivity index (χ0) is 16.9. The van der Waals surface area contributed by atoms with Gasteiger partial charge in [-0.2, -0.15) is 0 Å². The Balaban J connectivity index is 1.55. The van der Waals surface area contributed by atoms with Gasteiger partial charge >= 0.3 is 0 Å². The van der Waals surface area contributed by atoms with Crippen molar-refractivity contribution < 1.29 is 4.79 Å². The van der Waals surface area contributed by atoms with Crippen molar-refractivity contribution in [3.63, 3.8) is 0 Å². The summed E-state index contributed by atoms with van der Waals surface area (Å²) >= 11 is 0. The predicted octanol–water partition coefficient (Wildman–Crippen LogP) is 0.994. The number of rotatable bonds is 2. The van der Waals surface area contributed by atoms with E-state index in [4.69, 9.17) is 0 Å². The van der Waals surface area contributed by atoms with Crippen LogP contribution in [0.4, 0.5) is 0 Å². The first-order chi connectivity index (χ1) is 11.5. The highest BCUT2D eigenvalue weighted by molar-refractivity contribution is 5.95. The average Bonchev–Trinajstić information content (AvgIpc) is 3.20. The predicted molar refractivity (Wildman–Crippen MR) is 88.9 cm³/mol. The van der Waals surface area contributed by atoms with Crippen LogP contribution in [0.2, 0.25) is 0 Å². The molecule has 0 spiro atoms. The number of hydrogen-bond acceptors (Lipinski definition) is 5. The standard InChI is InChI=1S/C17H22N6O/c1-12-6-13(4-5-15(12)23-11-18-19-20-23)16(24)22-8-14-7-21(3)9-17(14,2)10-22/h4-6,11,14H,7-10H2,1-3H3/t14-,17+/m1/s1. The Kier molecular flexibility index (Phi) is 3.42. The van der Waals surface area contributed by atoms with E-state index in [1.54, 1.807) is 11.0 Å². The molecule has 0 saturated carbocycles. The Hall–Kier alpha value is -2.28. The van der Waals surface area contributed by atoms with E-state index >= 15 is 0 Å². The van der Waals surface area contributed by atoms with E-state index in [9.17, 15) is 4.79 Å². The highest BCUT2D eigenvalue weighted by Gasteiger charge is 2.49. The minimum Gasteiger partial charge on any atom is -0.338 e. The zero-order valence-corrected chi connectivity index (χ0v) is 14.3. The van der Waals surface area contributed by atoms with Crippen molar-refractivity contribution in [3.8, 4) is 5.69 Å². The van der Waals surface area contributed by atoms with Gasteiger partial charge in [0.05, 0.1) is 5.69 Å². The summed E-state index contributed by atoms with van der Waals surface area (Å²) in [6, 6.07) is 5.71. The largest absolute Gasteiger partial charge is 0.338 e. The molecule has 0 unspecified atom stereocenters. The lowest BCUT2D eigenvalue weighted by Crippen LogP contribution is -2.34. The number of fused-ring (bicyclic) bond motifs is 1. The smallest absolute Gasteiger partial charge is 0.253 e. The second-order valence-corrected chi connectivity index (χ2v) is 7.49. The first-order valence-corrected chi connectivity index (χ1v) is 8.28. The maximum absolute atomic E-state index is 12.9. The van der Waals surface area contributed by atoms with Crippen LogP contribution < -0.4 is 0 Å². The summed E-state index contributed by atoms with van der Waals surface area (Å²) in [4.78, 5) is 17.3. The maximum Gasteiger partial charge on any atom is 0.253 e. The molecule has 0 N–H and O–H groups in total. The van der Waals surface area contributed by atoms with Gasteiger partial charge in [0.1, 0.15) is 6.33 Å². The van der Waals surface area contributed by atoms with Gasteiger partial charge in [-0.3, -0.25) is 4.79 Å². The van der Waals surface area contributed by atoms with E-state index in [-0.39, 0.29) is 11.3 Å². The number of aromatic nitrogens is 4. The first-order valence-electron chi connectivity index (χ1n) is 8.28. The van der Waals surface area contributed by atoms with Gasteiger partial charge in [-0.15, -0.1) is 5.10 Å². The molecule has 1 aromatic carbocycles. The lowest BCUT2D eigenvalue weighted by molar-refractivity contribution is 0.0765. The Morgan fingerprint density at radius 3 is 2.79 bits per heavy atom. The molecule has 2 aromatic rings. The summed E-state index contributed by atoms with van der Waals surface area (Å²) in [6.45, 7) is 8.13. The van der Waals surface area contributed by atoms with Gasteiger partial charge in [-0.05, 0) is 54.1 Å². The van der Waals surface area contributed by atoms with Crippen LogP contribution in [-0.2, 0) is 0 Å². The Morgan fingerprint density at radius 2 is 2.12 bits per heavy atom. The third kappa shape index (κ3) is 2.39. The molecule has 2 atom stereocenters. The summed E-state index contributed by atoms with van der Waals surface area (Å²) < 4.78 is 1.61. The van der Waals surface area contributed by atoms with Crippen molar-refractivity contribution in [3.05, 3.63) is 35.7 Å². The van der Waals surface area contributed by atoms with Gasteiger partial charge in [0.2, 0.25) is 0 Å². The number of nitrogens with zero attached hydrogens (tertiary/aromatic N) is 6. The first kappa shape index (κ1) is 15.3. The number of benzene rings is 1. The second-order valence-electron chi connectivity index (χ2n) is 7.49.